The van der Waals surface area contributed by atoms with E-state index in [0.717, 1.165) is 11.3 Å². The molecule has 0 amide bonds. The van der Waals surface area contributed by atoms with Crippen LogP contribution >= 0.6 is 0 Å². The predicted octanol–water partition coefficient (Wildman–Crippen LogP) is 0.386. The molecule has 0 aliphatic heterocycles. The maximum atomic E-state index is 10.8. The Morgan fingerprint density at radius 2 is 2.36 bits per heavy atom. The summed E-state index contributed by atoms with van der Waals surface area (Å²) >= 11 is 0. The second-order valence-corrected chi connectivity index (χ2v) is 3.62. The number of aryl methyl sites for hydroxylation is 1. The maximum absolute atomic E-state index is 10.8. The van der Waals surface area contributed by atoms with Crippen molar-refractivity contribution in [2.45, 2.75) is 24.9 Å². The van der Waals surface area contributed by atoms with Crippen LogP contribution < -0.4 is 0 Å². The number of pyridine rings is 1. The Bertz CT molecular complexity index is 377. The molecular weight excluding hydrogens is 182 g/mol. The van der Waals surface area contributed by atoms with E-state index in [1.165, 1.54) is 0 Å². The van der Waals surface area contributed by atoms with Crippen LogP contribution in [0.25, 0.3) is 0 Å². The molecule has 1 heterocycles. The molecule has 0 fully saturated rings. The van der Waals surface area contributed by atoms with Crippen LogP contribution in [0.15, 0.2) is 18.3 Å². The first kappa shape index (κ1) is 9.15. The Kier molecular flexibility index (Phi) is 2.00. The molecule has 2 rings (SSSR count). The van der Waals surface area contributed by atoms with E-state index >= 15 is 0 Å². The predicted molar refractivity (Wildman–Crippen MR) is 48.8 cm³/mol. The summed E-state index contributed by atoms with van der Waals surface area (Å²) in [7, 11) is 0. The molecule has 1 aromatic rings. The number of aliphatic carboxylic acids is 1. The molecule has 1 aliphatic rings. The fourth-order valence-corrected chi connectivity index (χ4v) is 1.77. The minimum absolute atomic E-state index is 0.158. The van der Waals surface area contributed by atoms with Crippen molar-refractivity contribution < 1.29 is 15.0 Å². The fraction of sp³-hybridized carbons (Fsp3) is 0.400. The summed E-state index contributed by atoms with van der Waals surface area (Å²) < 4.78 is 0. The van der Waals surface area contributed by atoms with E-state index in [9.17, 15) is 9.90 Å². The van der Waals surface area contributed by atoms with Crippen molar-refractivity contribution in [3.05, 3.63) is 29.6 Å². The van der Waals surface area contributed by atoms with Crippen molar-refractivity contribution >= 4 is 5.97 Å². The highest BCUT2D eigenvalue weighted by atomic mass is 16.4. The molecule has 1 unspecified atom stereocenters. The van der Waals surface area contributed by atoms with Crippen molar-refractivity contribution in [3.63, 3.8) is 0 Å². The molecule has 1 atom stereocenters. The van der Waals surface area contributed by atoms with E-state index in [0.29, 0.717) is 6.42 Å². The zero-order chi connectivity index (χ0) is 10.2. The number of nitrogens with zero attached hydrogens (tertiary/aromatic N) is 1. The van der Waals surface area contributed by atoms with Gasteiger partial charge in [-0.25, -0.2) is 4.79 Å². The summed E-state index contributed by atoms with van der Waals surface area (Å²) in [5.41, 5.74) is 0.137. The van der Waals surface area contributed by atoms with Gasteiger partial charge in [-0.05, 0) is 24.5 Å². The molecule has 2 N–H and O–H groups in total. The molecular formula is C10H11NO3. The second-order valence-electron chi connectivity index (χ2n) is 3.62. The third-order valence-electron chi connectivity index (χ3n) is 2.64. The van der Waals surface area contributed by atoms with E-state index in [1.54, 1.807) is 12.3 Å². The second kappa shape index (κ2) is 3.06. The van der Waals surface area contributed by atoms with E-state index < -0.39 is 11.6 Å². The minimum atomic E-state index is -1.60. The van der Waals surface area contributed by atoms with Gasteiger partial charge < -0.3 is 10.2 Å². The van der Waals surface area contributed by atoms with Gasteiger partial charge in [0.15, 0.2) is 5.60 Å². The number of hydrogen-bond donors (Lipinski definition) is 2. The number of aliphatic hydroxyl groups is 1. The molecule has 4 heteroatoms. The lowest BCUT2D eigenvalue weighted by atomic mass is 9.83. The van der Waals surface area contributed by atoms with Gasteiger partial charge in [-0.15, -0.1) is 0 Å². The van der Waals surface area contributed by atoms with Crippen LogP contribution in [0.3, 0.4) is 0 Å². The number of rotatable bonds is 1. The quantitative estimate of drug-likeness (QED) is 0.676. The smallest absolute Gasteiger partial charge is 0.336 e. The summed E-state index contributed by atoms with van der Waals surface area (Å²) in [5, 5.41) is 18.6. The van der Waals surface area contributed by atoms with Gasteiger partial charge in [0.05, 0.1) is 0 Å². The summed E-state index contributed by atoms with van der Waals surface area (Å²) in [6.45, 7) is 0. The van der Waals surface area contributed by atoms with E-state index in [2.05, 4.69) is 4.98 Å². The Labute approximate surface area is 81.2 Å². The third-order valence-corrected chi connectivity index (χ3v) is 2.64. The van der Waals surface area contributed by atoms with Gasteiger partial charge in [-0.3, -0.25) is 4.98 Å². The number of carboxylic acid groups (broad SMARTS) is 1. The molecule has 0 spiro atoms. The van der Waals surface area contributed by atoms with Crippen LogP contribution in [0, 0.1) is 0 Å². The molecule has 1 aliphatic carbocycles. The van der Waals surface area contributed by atoms with Crippen LogP contribution in [0.5, 0.6) is 0 Å². The fourth-order valence-electron chi connectivity index (χ4n) is 1.77. The van der Waals surface area contributed by atoms with Gasteiger partial charge in [-0.2, -0.15) is 0 Å². The largest absolute Gasteiger partial charge is 0.479 e. The lowest BCUT2D eigenvalue weighted by Gasteiger charge is -2.28. The number of carbonyl (C=O) groups is 1. The van der Waals surface area contributed by atoms with Crippen LogP contribution in [0.1, 0.15) is 17.7 Å². The van der Waals surface area contributed by atoms with Crippen LogP contribution in [0.2, 0.25) is 0 Å². The molecule has 4 nitrogen and oxygen atoms in total. The standard InChI is InChI=1S/C10H11NO3/c12-9(13)10(14)4-3-8-7(6-10)2-1-5-11-8/h1-2,5,14H,3-4,6H2,(H,12,13). The highest BCUT2D eigenvalue weighted by Gasteiger charge is 2.39. The summed E-state index contributed by atoms with van der Waals surface area (Å²) in [4.78, 5) is 15.0. The molecule has 0 saturated heterocycles. The van der Waals surface area contributed by atoms with Crippen molar-refractivity contribution in [3.8, 4) is 0 Å². The first-order valence-electron chi connectivity index (χ1n) is 4.50. The van der Waals surface area contributed by atoms with Crippen molar-refractivity contribution in [2.75, 3.05) is 0 Å². The topological polar surface area (TPSA) is 70.4 Å². The number of carboxylic acids is 1. The normalized spacial score (nSPS) is 25.5. The highest BCUT2D eigenvalue weighted by molar-refractivity contribution is 5.78. The molecule has 74 valence electrons. The van der Waals surface area contributed by atoms with Crippen molar-refractivity contribution in [1.29, 1.82) is 0 Å². The number of hydrogen-bond acceptors (Lipinski definition) is 3. The number of fused-ring (bicyclic) bond motifs is 1. The van der Waals surface area contributed by atoms with E-state index in [4.69, 9.17) is 5.11 Å². The molecule has 0 radical (unpaired) electrons. The van der Waals surface area contributed by atoms with Crippen LogP contribution in [0.4, 0.5) is 0 Å². The van der Waals surface area contributed by atoms with Gasteiger partial charge in [0, 0.05) is 18.3 Å². The van der Waals surface area contributed by atoms with E-state index in [-0.39, 0.29) is 12.8 Å². The first-order chi connectivity index (χ1) is 6.62. The van der Waals surface area contributed by atoms with Gasteiger partial charge in [0.1, 0.15) is 0 Å². The summed E-state index contributed by atoms with van der Waals surface area (Å²) in [6.07, 6.45) is 2.61. The highest BCUT2D eigenvalue weighted by Crippen LogP contribution is 2.27. The summed E-state index contributed by atoms with van der Waals surface area (Å²) in [5.74, 6) is -1.15. The zero-order valence-corrected chi connectivity index (χ0v) is 7.60. The SMILES string of the molecule is O=C(O)C1(O)CCc2ncccc2C1. The zero-order valence-electron chi connectivity index (χ0n) is 7.60. The maximum Gasteiger partial charge on any atom is 0.336 e. The Hall–Kier alpha value is -1.42. The third kappa shape index (κ3) is 1.37. The first-order valence-corrected chi connectivity index (χ1v) is 4.50. The van der Waals surface area contributed by atoms with Crippen molar-refractivity contribution in [2.24, 2.45) is 0 Å². The van der Waals surface area contributed by atoms with Gasteiger partial charge in [0.25, 0.3) is 0 Å². The Morgan fingerprint density at radius 1 is 1.57 bits per heavy atom. The molecule has 14 heavy (non-hydrogen) atoms. The van der Waals surface area contributed by atoms with Gasteiger partial charge in [0.2, 0.25) is 0 Å². The molecule has 1 aromatic heterocycles. The molecule has 0 bridgehead atoms. The van der Waals surface area contributed by atoms with Gasteiger partial charge >= 0.3 is 5.97 Å². The average Bonchev–Trinajstić information content (AvgIpc) is 2.17. The lowest BCUT2D eigenvalue weighted by Crippen LogP contribution is -2.43. The van der Waals surface area contributed by atoms with Crippen LogP contribution in [-0.4, -0.2) is 26.8 Å². The lowest BCUT2D eigenvalue weighted by molar-refractivity contribution is -0.159. The minimum Gasteiger partial charge on any atom is -0.479 e. The van der Waals surface area contributed by atoms with E-state index in [1.807, 2.05) is 6.07 Å². The Morgan fingerprint density at radius 3 is 3.07 bits per heavy atom. The Balaban J connectivity index is 2.34. The van der Waals surface area contributed by atoms with Crippen LogP contribution in [-0.2, 0) is 17.6 Å². The van der Waals surface area contributed by atoms with Crippen molar-refractivity contribution in [1.82, 2.24) is 4.98 Å². The number of aromatic nitrogens is 1. The summed E-state index contributed by atoms with van der Waals surface area (Å²) in [6, 6.07) is 3.57. The average molecular weight is 193 g/mol. The van der Waals surface area contributed by atoms with Gasteiger partial charge in [-0.1, -0.05) is 6.07 Å². The molecule has 0 aromatic carbocycles. The monoisotopic (exact) mass is 193 g/mol. The molecule has 0 saturated carbocycles.